The van der Waals surface area contributed by atoms with Crippen LogP contribution in [0, 0.1) is 13.8 Å². The van der Waals surface area contributed by atoms with E-state index in [0.29, 0.717) is 0 Å². The van der Waals surface area contributed by atoms with Gasteiger partial charge in [0, 0.05) is 16.1 Å². The van der Waals surface area contributed by atoms with Crippen molar-refractivity contribution in [3.8, 4) is 0 Å². The third-order valence-corrected chi connectivity index (χ3v) is 4.43. The lowest BCUT2D eigenvalue weighted by Crippen LogP contribution is -2.20. The fraction of sp³-hybridized carbons (Fsp3) is 0.294. The van der Waals surface area contributed by atoms with Crippen LogP contribution in [0.5, 0.6) is 0 Å². The van der Waals surface area contributed by atoms with E-state index in [-0.39, 0.29) is 6.04 Å². The predicted molar refractivity (Wildman–Crippen MR) is 87.9 cm³/mol. The maximum Gasteiger partial charge on any atom is 0.0438 e. The van der Waals surface area contributed by atoms with Gasteiger partial charge in [0.25, 0.3) is 0 Å². The normalized spacial score (nSPS) is 12.4. The molecule has 0 saturated heterocycles. The van der Waals surface area contributed by atoms with Gasteiger partial charge >= 0.3 is 0 Å². The zero-order valence-corrected chi connectivity index (χ0v) is 13.5. The molecular weight excluding hydrogens is 289 g/mol. The van der Waals surface area contributed by atoms with Crippen LogP contribution in [0.25, 0.3) is 0 Å². The van der Waals surface area contributed by atoms with Gasteiger partial charge in [-0.1, -0.05) is 47.5 Å². The Hall–Kier alpha value is -1.02. The summed E-state index contributed by atoms with van der Waals surface area (Å²) in [4.78, 5) is 0. The maximum absolute atomic E-state index is 6.26. The highest BCUT2D eigenvalue weighted by molar-refractivity contribution is 6.31. The molecule has 2 rings (SSSR count). The molecule has 20 heavy (non-hydrogen) atoms. The molecule has 2 aromatic carbocycles. The van der Waals surface area contributed by atoms with E-state index in [0.717, 1.165) is 27.6 Å². The molecule has 0 aliphatic rings. The van der Waals surface area contributed by atoms with E-state index in [4.69, 9.17) is 23.2 Å². The average molecular weight is 308 g/mol. The standard InChI is InChI=1S/C17H19Cl2N/c1-11-9-16(19)12(2)8-14(11)17(20-3)10-13-6-4-5-7-15(13)18/h4-9,17,20H,10H2,1-3H3. The van der Waals surface area contributed by atoms with Gasteiger partial charge in [0.15, 0.2) is 0 Å². The summed E-state index contributed by atoms with van der Waals surface area (Å²) >= 11 is 12.4. The number of halogens is 2. The van der Waals surface area contributed by atoms with E-state index in [9.17, 15) is 0 Å². The predicted octanol–water partition coefficient (Wildman–Crippen LogP) is 5.11. The lowest BCUT2D eigenvalue weighted by molar-refractivity contribution is 0.588. The largest absolute Gasteiger partial charge is 0.313 e. The summed E-state index contributed by atoms with van der Waals surface area (Å²) in [6.45, 7) is 4.13. The van der Waals surface area contributed by atoms with Gasteiger partial charge < -0.3 is 5.32 Å². The van der Waals surface area contributed by atoms with Crippen LogP contribution in [0.1, 0.15) is 28.3 Å². The first kappa shape index (κ1) is 15.4. The summed E-state index contributed by atoms with van der Waals surface area (Å²) in [5.74, 6) is 0. The molecule has 1 N–H and O–H groups in total. The van der Waals surface area contributed by atoms with Crippen LogP contribution in [0.3, 0.4) is 0 Å². The average Bonchev–Trinajstić information content (AvgIpc) is 2.42. The molecule has 0 aliphatic carbocycles. The van der Waals surface area contributed by atoms with Gasteiger partial charge in [0.05, 0.1) is 0 Å². The second-order valence-electron chi connectivity index (χ2n) is 5.09. The molecule has 106 valence electrons. The van der Waals surface area contributed by atoms with E-state index in [1.807, 2.05) is 38.2 Å². The molecule has 1 unspecified atom stereocenters. The van der Waals surface area contributed by atoms with Gasteiger partial charge in [-0.25, -0.2) is 0 Å². The lowest BCUT2D eigenvalue weighted by atomic mass is 9.94. The molecular formula is C17H19Cl2N. The van der Waals surface area contributed by atoms with Crippen molar-refractivity contribution in [1.29, 1.82) is 0 Å². The van der Waals surface area contributed by atoms with Crippen LogP contribution in [0.15, 0.2) is 36.4 Å². The second-order valence-corrected chi connectivity index (χ2v) is 5.91. The topological polar surface area (TPSA) is 12.0 Å². The lowest BCUT2D eigenvalue weighted by Gasteiger charge is -2.20. The Bertz CT molecular complexity index is 608. The zero-order valence-electron chi connectivity index (χ0n) is 12.0. The van der Waals surface area contributed by atoms with Crippen molar-refractivity contribution in [3.05, 3.63) is 68.7 Å². The summed E-state index contributed by atoms with van der Waals surface area (Å²) in [6, 6.07) is 12.4. The molecule has 0 fully saturated rings. The minimum atomic E-state index is 0.228. The van der Waals surface area contributed by atoms with Crippen LogP contribution in [0.2, 0.25) is 10.0 Å². The molecule has 0 bridgehead atoms. The Balaban J connectivity index is 2.34. The minimum absolute atomic E-state index is 0.228. The van der Waals surface area contributed by atoms with Crippen molar-refractivity contribution >= 4 is 23.2 Å². The molecule has 2 aromatic rings. The van der Waals surface area contributed by atoms with Crippen molar-refractivity contribution in [2.24, 2.45) is 0 Å². The van der Waals surface area contributed by atoms with Gasteiger partial charge in [-0.3, -0.25) is 0 Å². The molecule has 0 spiro atoms. The van der Waals surface area contributed by atoms with Crippen LogP contribution >= 0.6 is 23.2 Å². The molecule has 1 nitrogen and oxygen atoms in total. The fourth-order valence-electron chi connectivity index (χ4n) is 2.43. The molecule has 0 radical (unpaired) electrons. The van der Waals surface area contributed by atoms with Crippen LogP contribution < -0.4 is 5.32 Å². The third kappa shape index (κ3) is 3.35. The van der Waals surface area contributed by atoms with Gasteiger partial charge in [-0.05, 0) is 61.7 Å². The Morgan fingerprint density at radius 1 is 1.00 bits per heavy atom. The van der Waals surface area contributed by atoms with Gasteiger partial charge in [-0.15, -0.1) is 0 Å². The molecule has 0 saturated carbocycles. The first-order chi connectivity index (χ1) is 9.52. The molecule has 3 heteroatoms. The van der Waals surface area contributed by atoms with Crippen LogP contribution in [-0.4, -0.2) is 7.05 Å². The van der Waals surface area contributed by atoms with Crippen LogP contribution in [0.4, 0.5) is 0 Å². The maximum atomic E-state index is 6.26. The van der Waals surface area contributed by atoms with Crippen LogP contribution in [-0.2, 0) is 6.42 Å². The highest BCUT2D eigenvalue weighted by atomic mass is 35.5. The summed E-state index contributed by atoms with van der Waals surface area (Å²) < 4.78 is 0. The number of benzene rings is 2. The zero-order chi connectivity index (χ0) is 14.7. The first-order valence-corrected chi connectivity index (χ1v) is 7.46. The molecule has 0 amide bonds. The number of aryl methyl sites for hydroxylation is 2. The Morgan fingerprint density at radius 2 is 1.70 bits per heavy atom. The van der Waals surface area contributed by atoms with Crippen molar-refractivity contribution in [2.75, 3.05) is 7.05 Å². The Kier molecular flexibility index (Phi) is 5.09. The number of hydrogen-bond acceptors (Lipinski definition) is 1. The Labute approximate surface area is 130 Å². The number of rotatable bonds is 4. The SMILES string of the molecule is CNC(Cc1ccccc1Cl)c1cc(C)c(Cl)cc1C. The highest BCUT2D eigenvalue weighted by Crippen LogP contribution is 2.28. The minimum Gasteiger partial charge on any atom is -0.313 e. The summed E-state index contributed by atoms with van der Waals surface area (Å²) in [6.07, 6.45) is 0.859. The van der Waals surface area contributed by atoms with Crippen molar-refractivity contribution < 1.29 is 0 Å². The molecule has 0 aliphatic heterocycles. The van der Waals surface area contributed by atoms with E-state index >= 15 is 0 Å². The second kappa shape index (κ2) is 6.62. The first-order valence-electron chi connectivity index (χ1n) is 6.70. The van der Waals surface area contributed by atoms with Gasteiger partial charge in [0.1, 0.15) is 0 Å². The smallest absolute Gasteiger partial charge is 0.0438 e. The molecule has 0 heterocycles. The Morgan fingerprint density at radius 3 is 2.35 bits per heavy atom. The molecule has 1 atom stereocenters. The van der Waals surface area contributed by atoms with E-state index in [2.05, 4.69) is 24.4 Å². The highest BCUT2D eigenvalue weighted by Gasteiger charge is 2.15. The summed E-state index contributed by atoms with van der Waals surface area (Å²) in [5, 5.41) is 5.01. The number of nitrogens with one attached hydrogen (secondary N) is 1. The van der Waals surface area contributed by atoms with Crippen molar-refractivity contribution in [3.63, 3.8) is 0 Å². The van der Waals surface area contributed by atoms with Crippen molar-refractivity contribution in [1.82, 2.24) is 5.32 Å². The van der Waals surface area contributed by atoms with E-state index < -0.39 is 0 Å². The third-order valence-electron chi connectivity index (χ3n) is 3.65. The summed E-state index contributed by atoms with van der Waals surface area (Å²) in [7, 11) is 1.98. The summed E-state index contributed by atoms with van der Waals surface area (Å²) in [5.41, 5.74) is 4.73. The van der Waals surface area contributed by atoms with Gasteiger partial charge in [0.2, 0.25) is 0 Å². The monoisotopic (exact) mass is 307 g/mol. The molecule has 0 aromatic heterocycles. The number of likely N-dealkylation sites (N-methyl/N-ethyl adjacent to an activating group) is 1. The number of hydrogen-bond donors (Lipinski definition) is 1. The fourth-order valence-corrected chi connectivity index (χ4v) is 2.86. The van der Waals surface area contributed by atoms with E-state index in [1.165, 1.54) is 11.1 Å². The van der Waals surface area contributed by atoms with Gasteiger partial charge in [-0.2, -0.15) is 0 Å². The van der Waals surface area contributed by atoms with Crippen molar-refractivity contribution in [2.45, 2.75) is 26.3 Å². The quantitative estimate of drug-likeness (QED) is 0.827. The van der Waals surface area contributed by atoms with E-state index in [1.54, 1.807) is 0 Å².